The molecule has 3 aromatic rings. The van der Waals surface area contributed by atoms with Gasteiger partial charge in [0.1, 0.15) is 5.82 Å². The van der Waals surface area contributed by atoms with E-state index in [0.717, 1.165) is 64.3 Å². The highest BCUT2D eigenvalue weighted by Gasteiger charge is 2.61. The zero-order valence-corrected chi connectivity index (χ0v) is 20.7. The summed E-state index contributed by atoms with van der Waals surface area (Å²) >= 11 is 3.27. The molecule has 2 fully saturated rings. The molecule has 1 saturated carbocycles. The molecule has 0 spiro atoms. The van der Waals surface area contributed by atoms with Gasteiger partial charge in [-0.3, -0.25) is 0 Å². The van der Waals surface area contributed by atoms with Gasteiger partial charge in [-0.2, -0.15) is 13.2 Å². The van der Waals surface area contributed by atoms with Crippen LogP contribution in [0.3, 0.4) is 0 Å². The van der Waals surface area contributed by atoms with Crippen LogP contribution in [-0.2, 0) is 18.6 Å². The van der Waals surface area contributed by atoms with Gasteiger partial charge in [0.2, 0.25) is 0 Å². The molecule has 3 heterocycles. The minimum atomic E-state index is -4.53. The Hall–Kier alpha value is -1.98. The van der Waals surface area contributed by atoms with E-state index in [2.05, 4.69) is 20.1 Å². The molecule has 5 rings (SSSR count). The molecule has 5 nitrogen and oxygen atoms in total. The number of hydrogen-bond donors (Lipinski definition) is 0. The Bertz CT molecular complexity index is 1220. The zero-order valence-electron chi connectivity index (χ0n) is 19.1. The van der Waals surface area contributed by atoms with Crippen LogP contribution in [0.2, 0.25) is 0 Å². The van der Waals surface area contributed by atoms with Gasteiger partial charge in [0.25, 0.3) is 0 Å². The predicted octanol–water partition coefficient (Wildman–Crippen LogP) is 5.47. The van der Waals surface area contributed by atoms with Crippen LogP contribution in [0.5, 0.6) is 0 Å². The van der Waals surface area contributed by atoms with Crippen molar-refractivity contribution >= 4 is 23.1 Å². The summed E-state index contributed by atoms with van der Waals surface area (Å²) in [5, 5.41) is 10.5. The number of likely N-dealkylation sites (tertiary alicyclic amines) is 1. The van der Waals surface area contributed by atoms with Crippen LogP contribution in [0.1, 0.15) is 34.7 Å². The average molecular weight is 512 g/mol. The monoisotopic (exact) mass is 511 g/mol. The van der Waals surface area contributed by atoms with Crippen molar-refractivity contribution in [2.45, 2.75) is 43.4 Å². The predicted molar refractivity (Wildman–Crippen MR) is 125 cm³/mol. The molecule has 11 heteroatoms. The molecule has 34 heavy (non-hydrogen) atoms. The number of rotatable bonds is 7. The maximum atomic E-state index is 14.6. The Morgan fingerprint density at radius 2 is 2.03 bits per heavy atom. The standard InChI is InChI=1S/C23H25F4N5S2/c1-13-19(34-14(2)28-13)20-29-30-21(31(20)3)33-8-4-7-32-11-16-10-22(16,12-32)17-6-5-15(9-18(17)24)23(25,26)27/h5-6,9,16H,4,7-8,10-12H2,1-3H3/t16-,22-/m0/s1. The SMILES string of the molecule is Cc1nc(C)c(-c2nnc(SCCCN3C[C@@H]4C[C@]4(c4ccc(C(F)(F)F)cc4F)C3)n2C)s1. The van der Waals surface area contributed by atoms with Crippen LogP contribution in [0.15, 0.2) is 23.4 Å². The Labute approximate surface area is 203 Å². The molecule has 1 aliphatic heterocycles. The van der Waals surface area contributed by atoms with Crippen molar-refractivity contribution in [3.8, 4) is 10.7 Å². The summed E-state index contributed by atoms with van der Waals surface area (Å²) in [7, 11) is 1.96. The Balaban J connectivity index is 1.15. The lowest BCUT2D eigenvalue weighted by atomic mass is 9.93. The summed E-state index contributed by atoms with van der Waals surface area (Å²) in [6, 6.07) is 2.99. The Morgan fingerprint density at radius 1 is 1.24 bits per heavy atom. The fraction of sp³-hybridized carbons (Fsp3) is 0.522. The number of fused-ring (bicyclic) bond motifs is 1. The van der Waals surface area contributed by atoms with Gasteiger partial charge in [0.05, 0.1) is 21.1 Å². The smallest absolute Gasteiger partial charge is 0.304 e. The number of thiazole rings is 1. The maximum absolute atomic E-state index is 14.6. The lowest BCUT2D eigenvalue weighted by Crippen LogP contribution is -2.28. The first kappa shape index (κ1) is 23.7. The summed E-state index contributed by atoms with van der Waals surface area (Å²) in [4.78, 5) is 7.81. The quantitative estimate of drug-likeness (QED) is 0.239. The number of aryl methyl sites for hydroxylation is 2. The van der Waals surface area contributed by atoms with Gasteiger partial charge in [-0.15, -0.1) is 21.5 Å². The molecule has 182 valence electrons. The highest BCUT2D eigenvalue weighted by Crippen LogP contribution is 2.59. The van der Waals surface area contributed by atoms with Gasteiger partial charge in [0.15, 0.2) is 11.0 Å². The fourth-order valence-electron chi connectivity index (χ4n) is 5.10. The van der Waals surface area contributed by atoms with Gasteiger partial charge in [0, 0.05) is 31.3 Å². The minimum absolute atomic E-state index is 0.318. The third-order valence-corrected chi connectivity index (χ3v) is 9.02. The topological polar surface area (TPSA) is 46.8 Å². The first-order valence-electron chi connectivity index (χ1n) is 11.1. The molecule has 1 aliphatic carbocycles. The van der Waals surface area contributed by atoms with E-state index in [0.29, 0.717) is 24.1 Å². The largest absolute Gasteiger partial charge is 0.416 e. The summed E-state index contributed by atoms with van der Waals surface area (Å²) < 4.78 is 55.2. The van der Waals surface area contributed by atoms with Crippen molar-refractivity contribution in [2.75, 3.05) is 25.4 Å². The molecule has 0 unspecified atom stereocenters. The van der Waals surface area contributed by atoms with Crippen molar-refractivity contribution in [3.63, 3.8) is 0 Å². The lowest BCUT2D eigenvalue weighted by molar-refractivity contribution is -0.137. The molecule has 0 N–H and O–H groups in total. The molecule has 1 saturated heterocycles. The zero-order chi connectivity index (χ0) is 24.3. The van der Waals surface area contributed by atoms with Crippen LogP contribution in [0.25, 0.3) is 10.7 Å². The number of halogens is 4. The van der Waals surface area contributed by atoms with E-state index in [1.165, 1.54) is 6.07 Å². The van der Waals surface area contributed by atoms with Gasteiger partial charge < -0.3 is 9.47 Å². The molecular formula is C23H25F4N5S2. The number of aromatic nitrogens is 4. The number of hydrogen-bond acceptors (Lipinski definition) is 6. The van der Waals surface area contributed by atoms with E-state index < -0.39 is 17.6 Å². The summed E-state index contributed by atoms with van der Waals surface area (Å²) in [5.74, 6) is 1.28. The lowest BCUT2D eigenvalue weighted by Gasteiger charge is -2.21. The molecule has 0 amide bonds. The van der Waals surface area contributed by atoms with Crippen molar-refractivity contribution in [1.29, 1.82) is 0 Å². The summed E-state index contributed by atoms with van der Waals surface area (Å²) in [5.41, 5.74) is 0.134. The van der Waals surface area contributed by atoms with Crippen molar-refractivity contribution in [3.05, 3.63) is 45.8 Å². The Kier molecular flexibility index (Phi) is 6.01. The minimum Gasteiger partial charge on any atom is -0.304 e. The second-order valence-corrected chi connectivity index (χ2v) is 11.5. The summed E-state index contributed by atoms with van der Waals surface area (Å²) in [6.45, 7) is 6.38. The van der Waals surface area contributed by atoms with Gasteiger partial charge >= 0.3 is 6.18 Å². The molecular weight excluding hydrogens is 486 g/mol. The maximum Gasteiger partial charge on any atom is 0.416 e. The highest BCUT2D eigenvalue weighted by molar-refractivity contribution is 7.99. The molecule has 2 atom stereocenters. The van der Waals surface area contributed by atoms with Crippen LogP contribution in [0, 0.1) is 25.6 Å². The van der Waals surface area contributed by atoms with E-state index >= 15 is 0 Å². The molecule has 1 aromatic carbocycles. The first-order chi connectivity index (χ1) is 16.1. The number of alkyl halides is 3. The number of nitrogens with zero attached hydrogens (tertiary/aromatic N) is 5. The normalized spacial score (nSPS) is 22.4. The van der Waals surface area contributed by atoms with Gasteiger partial charge in [-0.05, 0) is 56.8 Å². The third kappa shape index (κ3) is 4.26. The molecule has 2 aromatic heterocycles. The second kappa shape index (κ2) is 8.60. The first-order valence-corrected chi connectivity index (χ1v) is 12.9. The van der Waals surface area contributed by atoms with Crippen molar-refractivity contribution in [1.82, 2.24) is 24.6 Å². The number of thioether (sulfide) groups is 1. The van der Waals surface area contributed by atoms with Crippen molar-refractivity contribution in [2.24, 2.45) is 13.0 Å². The second-order valence-electron chi connectivity index (χ2n) is 9.20. The van der Waals surface area contributed by atoms with Crippen LogP contribution < -0.4 is 0 Å². The number of piperidine rings is 1. The molecule has 0 radical (unpaired) electrons. The van der Waals surface area contributed by atoms with Gasteiger partial charge in [-0.25, -0.2) is 9.37 Å². The van der Waals surface area contributed by atoms with E-state index in [1.54, 1.807) is 23.1 Å². The van der Waals surface area contributed by atoms with E-state index in [1.807, 2.05) is 25.5 Å². The van der Waals surface area contributed by atoms with E-state index in [-0.39, 0.29) is 5.41 Å². The fourth-order valence-corrected chi connectivity index (χ4v) is 6.87. The summed E-state index contributed by atoms with van der Waals surface area (Å²) in [6.07, 6.45) is -2.75. The number of benzene rings is 1. The molecule has 2 aliphatic rings. The van der Waals surface area contributed by atoms with Crippen LogP contribution >= 0.6 is 23.1 Å². The van der Waals surface area contributed by atoms with Crippen molar-refractivity contribution < 1.29 is 17.6 Å². The van der Waals surface area contributed by atoms with Gasteiger partial charge in [-0.1, -0.05) is 17.8 Å². The van der Waals surface area contributed by atoms with Crippen LogP contribution in [0.4, 0.5) is 17.6 Å². The molecule has 0 bridgehead atoms. The Morgan fingerprint density at radius 3 is 2.71 bits per heavy atom. The van der Waals surface area contributed by atoms with E-state index in [9.17, 15) is 17.6 Å². The highest BCUT2D eigenvalue weighted by atomic mass is 32.2. The third-order valence-electron chi connectivity index (χ3n) is 6.84. The van der Waals surface area contributed by atoms with Crippen LogP contribution in [-0.4, -0.2) is 50.0 Å². The van der Waals surface area contributed by atoms with E-state index in [4.69, 9.17) is 0 Å². The average Bonchev–Trinajstić information content (AvgIpc) is 3.00.